The lowest BCUT2D eigenvalue weighted by Crippen LogP contribution is -2.34. The highest BCUT2D eigenvalue weighted by Crippen LogP contribution is 2.29. The third-order valence-corrected chi connectivity index (χ3v) is 3.36. The molecule has 0 spiro atoms. The fourth-order valence-corrected chi connectivity index (χ4v) is 2.62. The third-order valence-electron chi connectivity index (χ3n) is 2.68. The molecule has 90 valence electrons. The lowest BCUT2D eigenvalue weighted by molar-refractivity contribution is -0.138. The van der Waals surface area contributed by atoms with E-state index in [0.717, 1.165) is 11.1 Å². The van der Waals surface area contributed by atoms with Gasteiger partial charge in [0.15, 0.2) is 0 Å². The van der Waals surface area contributed by atoms with Gasteiger partial charge in [-0.1, -0.05) is 0 Å². The molecule has 2 rings (SSSR count). The highest BCUT2D eigenvalue weighted by Gasteiger charge is 2.32. The maximum absolute atomic E-state index is 11.0. The normalized spacial score (nSPS) is 19.6. The molecule has 1 atom stereocenters. The summed E-state index contributed by atoms with van der Waals surface area (Å²) < 4.78 is 0. The first kappa shape index (κ1) is 11.8. The minimum atomic E-state index is -1.04. The van der Waals surface area contributed by atoms with Crippen molar-refractivity contribution >= 4 is 28.8 Å². The van der Waals surface area contributed by atoms with E-state index in [1.54, 1.807) is 0 Å². The monoisotopic (exact) mass is 253 g/mol. The Morgan fingerprint density at radius 3 is 2.76 bits per heavy atom. The molecule has 1 aromatic rings. The molecular formula is C11H11NO4S. The third kappa shape index (κ3) is 2.37. The number of rotatable bonds is 4. The standard InChI is InChI=1S/C11H11NO4S/c13-9(14)3-7-8(6-1-2-17-5-6)4-12-10(7)11(15)16/h1-2,5,10,12H,3-4H2,(H,13,14)(H,15,16)/t10-/m0/s1. The fourth-order valence-electron chi connectivity index (χ4n) is 1.95. The van der Waals surface area contributed by atoms with Gasteiger partial charge >= 0.3 is 11.9 Å². The zero-order valence-corrected chi connectivity index (χ0v) is 9.66. The van der Waals surface area contributed by atoms with E-state index in [0.29, 0.717) is 12.1 Å². The van der Waals surface area contributed by atoms with Crippen molar-refractivity contribution in [2.45, 2.75) is 12.5 Å². The molecule has 2 heterocycles. The van der Waals surface area contributed by atoms with Crippen LogP contribution in [0, 0.1) is 0 Å². The van der Waals surface area contributed by atoms with E-state index in [4.69, 9.17) is 10.2 Å². The zero-order valence-electron chi connectivity index (χ0n) is 8.84. The van der Waals surface area contributed by atoms with Crippen molar-refractivity contribution in [3.8, 4) is 0 Å². The van der Waals surface area contributed by atoms with Crippen molar-refractivity contribution in [3.63, 3.8) is 0 Å². The molecule has 1 aromatic heterocycles. The Balaban J connectivity index is 2.39. The van der Waals surface area contributed by atoms with Crippen LogP contribution >= 0.6 is 11.3 Å². The molecule has 0 aromatic carbocycles. The lowest BCUT2D eigenvalue weighted by atomic mass is 9.98. The Morgan fingerprint density at radius 1 is 1.47 bits per heavy atom. The van der Waals surface area contributed by atoms with Crippen molar-refractivity contribution < 1.29 is 19.8 Å². The van der Waals surface area contributed by atoms with Crippen molar-refractivity contribution in [1.82, 2.24) is 5.32 Å². The molecule has 0 saturated heterocycles. The molecule has 5 nitrogen and oxygen atoms in total. The number of hydrogen-bond donors (Lipinski definition) is 3. The largest absolute Gasteiger partial charge is 0.481 e. The smallest absolute Gasteiger partial charge is 0.325 e. The summed E-state index contributed by atoms with van der Waals surface area (Å²) in [5, 5.41) is 24.5. The van der Waals surface area contributed by atoms with Crippen molar-refractivity contribution in [1.29, 1.82) is 0 Å². The van der Waals surface area contributed by atoms with Gasteiger partial charge in [0.05, 0.1) is 6.42 Å². The first-order chi connectivity index (χ1) is 8.09. The van der Waals surface area contributed by atoms with Crippen LogP contribution < -0.4 is 5.32 Å². The minimum Gasteiger partial charge on any atom is -0.481 e. The quantitative estimate of drug-likeness (QED) is 0.746. The number of carboxylic acid groups (broad SMARTS) is 2. The van der Waals surface area contributed by atoms with Crippen molar-refractivity contribution in [2.24, 2.45) is 0 Å². The van der Waals surface area contributed by atoms with Crippen molar-refractivity contribution in [2.75, 3.05) is 6.54 Å². The van der Waals surface area contributed by atoms with E-state index in [-0.39, 0.29) is 6.42 Å². The van der Waals surface area contributed by atoms with Gasteiger partial charge in [-0.2, -0.15) is 11.3 Å². The summed E-state index contributed by atoms with van der Waals surface area (Å²) in [4.78, 5) is 21.8. The molecule has 1 aliphatic rings. The van der Waals surface area contributed by atoms with E-state index in [1.807, 2.05) is 16.8 Å². The topological polar surface area (TPSA) is 86.6 Å². The van der Waals surface area contributed by atoms with Crippen LogP contribution in [0.3, 0.4) is 0 Å². The highest BCUT2D eigenvalue weighted by atomic mass is 32.1. The highest BCUT2D eigenvalue weighted by molar-refractivity contribution is 7.08. The SMILES string of the molecule is O=C(O)CC1=C(c2ccsc2)CN[C@@H]1C(=O)O. The predicted octanol–water partition coefficient (Wildman–Crippen LogP) is 1.03. The van der Waals surface area contributed by atoms with E-state index >= 15 is 0 Å². The van der Waals surface area contributed by atoms with Crippen LogP contribution in [0.2, 0.25) is 0 Å². The molecule has 3 N–H and O–H groups in total. The van der Waals surface area contributed by atoms with Gasteiger partial charge in [-0.3, -0.25) is 14.9 Å². The lowest BCUT2D eigenvalue weighted by Gasteiger charge is -2.08. The van der Waals surface area contributed by atoms with Crippen LogP contribution in [0.4, 0.5) is 0 Å². The molecule has 0 radical (unpaired) electrons. The summed E-state index contributed by atoms with van der Waals surface area (Å²) >= 11 is 1.50. The van der Waals surface area contributed by atoms with Gasteiger partial charge in [0.1, 0.15) is 6.04 Å². The number of thiophene rings is 1. The van der Waals surface area contributed by atoms with Gasteiger partial charge in [-0.15, -0.1) is 0 Å². The summed E-state index contributed by atoms with van der Waals surface area (Å²) in [7, 11) is 0. The average Bonchev–Trinajstić information content (AvgIpc) is 2.83. The molecule has 0 aliphatic carbocycles. The molecule has 6 heteroatoms. The van der Waals surface area contributed by atoms with Gasteiger partial charge in [-0.25, -0.2) is 0 Å². The Kier molecular flexibility index (Phi) is 3.26. The van der Waals surface area contributed by atoms with Crippen molar-refractivity contribution in [3.05, 3.63) is 28.0 Å². The first-order valence-corrected chi connectivity index (χ1v) is 5.96. The second-order valence-corrected chi connectivity index (χ2v) is 4.52. The van der Waals surface area contributed by atoms with Crippen LogP contribution in [0.25, 0.3) is 5.57 Å². The molecule has 1 aliphatic heterocycles. The van der Waals surface area contributed by atoms with Gasteiger partial charge < -0.3 is 10.2 Å². The van der Waals surface area contributed by atoms with Crippen LogP contribution in [0.15, 0.2) is 22.4 Å². The van der Waals surface area contributed by atoms with E-state index in [9.17, 15) is 9.59 Å². The molecule has 17 heavy (non-hydrogen) atoms. The summed E-state index contributed by atoms with van der Waals surface area (Å²) in [6, 6.07) is 0.981. The minimum absolute atomic E-state index is 0.241. The van der Waals surface area contributed by atoms with Crippen LogP contribution in [-0.4, -0.2) is 34.7 Å². The second-order valence-electron chi connectivity index (χ2n) is 3.74. The maximum Gasteiger partial charge on any atom is 0.325 e. The average molecular weight is 253 g/mol. The van der Waals surface area contributed by atoms with Gasteiger partial charge in [0, 0.05) is 6.54 Å². The Bertz CT molecular complexity index is 478. The molecule has 0 amide bonds. The van der Waals surface area contributed by atoms with E-state index in [1.165, 1.54) is 11.3 Å². The molecular weight excluding hydrogens is 242 g/mol. The zero-order chi connectivity index (χ0) is 12.4. The van der Waals surface area contributed by atoms with Gasteiger partial charge in [0.25, 0.3) is 0 Å². The number of hydrogen-bond acceptors (Lipinski definition) is 4. The maximum atomic E-state index is 11.0. The predicted molar refractivity (Wildman–Crippen MR) is 62.9 cm³/mol. The second kappa shape index (κ2) is 4.68. The van der Waals surface area contributed by atoms with E-state index < -0.39 is 18.0 Å². The Morgan fingerprint density at radius 2 is 2.24 bits per heavy atom. The van der Waals surface area contributed by atoms with Crippen LogP contribution in [0.5, 0.6) is 0 Å². The number of nitrogens with one attached hydrogen (secondary N) is 1. The Labute approximate surface area is 101 Å². The fraction of sp³-hybridized carbons (Fsp3) is 0.273. The summed E-state index contributed by atoms with van der Waals surface area (Å²) in [5.74, 6) is -2.05. The molecule has 0 fully saturated rings. The summed E-state index contributed by atoms with van der Waals surface area (Å²) in [6.45, 7) is 0.399. The van der Waals surface area contributed by atoms with Crippen LogP contribution in [0.1, 0.15) is 12.0 Å². The van der Waals surface area contributed by atoms with Crippen LogP contribution in [-0.2, 0) is 9.59 Å². The molecule has 0 unspecified atom stereocenters. The summed E-state index contributed by atoms with van der Waals surface area (Å²) in [6.07, 6.45) is -0.241. The molecule has 0 saturated carbocycles. The number of aliphatic carboxylic acids is 2. The van der Waals surface area contributed by atoms with Gasteiger partial charge in [-0.05, 0) is 33.5 Å². The Hall–Kier alpha value is -1.66. The molecule has 0 bridgehead atoms. The first-order valence-electron chi connectivity index (χ1n) is 5.02. The number of carbonyl (C=O) groups is 2. The van der Waals surface area contributed by atoms with Gasteiger partial charge in [0.2, 0.25) is 0 Å². The summed E-state index contributed by atoms with van der Waals surface area (Å²) in [5.41, 5.74) is 2.15. The van der Waals surface area contributed by atoms with E-state index in [2.05, 4.69) is 5.32 Å². The number of carboxylic acids is 2.